The Morgan fingerprint density at radius 3 is 3.00 bits per heavy atom. The van der Waals surface area contributed by atoms with Crippen molar-refractivity contribution in [1.82, 2.24) is 0 Å². The molecular weight excluding hydrogens is 288 g/mol. The average molecular weight is 312 g/mol. The molecule has 2 nitrogen and oxygen atoms in total. The van der Waals surface area contributed by atoms with Gasteiger partial charge in [-0.15, -0.1) is 11.3 Å². The second kappa shape index (κ2) is 6.33. The van der Waals surface area contributed by atoms with Gasteiger partial charge in [-0.1, -0.05) is 24.6 Å². The molecular formula is C19H24N2S. The van der Waals surface area contributed by atoms with Gasteiger partial charge in [-0.25, -0.2) is 0 Å². The Morgan fingerprint density at radius 2 is 2.00 bits per heavy atom. The smallest absolute Gasteiger partial charge is 0.0656 e. The highest BCUT2D eigenvalue weighted by atomic mass is 32.1. The second-order valence-electron chi connectivity index (χ2n) is 6.42. The fraction of sp³-hybridized carbons (Fsp3) is 0.474. The van der Waals surface area contributed by atoms with E-state index in [1.807, 2.05) is 11.3 Å². The number of aryl methyl sites for hydroxylation is 1. The van der Waals surface area contributed by atoms with Gasteiger partial charge in [0.25, 0.3) is 0 Å². The number of anilines is 2. The zero-order valence-corrected chi connectivity index (χ0v) is 13.9. The largest absolute Gasteiger partial charge is 0.384 e. The van der Waals surface area contributed by atoms with Crippen molar-refractivity contribution in [3.05, 3.63) is 46.2 Å². The van der Waals surface area contributed by atoms with Crippen molar-refractivity contribution in [3.63, 3.8) is 0 Å². The molecule has 2 aromatic rings. The molecule has 0 bridgehead atoms. The van der Waals surface area contributed by atoms with Crippen LogP contribution in [0.3, 0.4) is 0 Å². The monoisotopic (exact) mass is 312 g/mol. The van der Waals surface area contributed by atoms with Crippen LogP contribution < -0.4 is 10.2 Å². The van der Waals surface area contributed by atoms with Crippen molar-refractivity contribution in [2.24, 2.45) is 0 Å². The highest BCUT2D eigenvalue weighted by molar-refractivity contribution is 7.10. The molecule has 3 heterocycles. The van der Waals surface area contributed by atoms with Crippen molar-refractivity contribution in [2.75, 3.05) is 23.3 Å². The van der Waals surface area contributed by atoms with Crippen LogP contribution in [-0.2, 0) is 6.42 Å². The van der Waals surface area contributed by atoms with Crippen LogP contribution in [0.25, 0.3) is 0 Å². The summed E-state index contributed by atoms with van der Waals surface area (Å²) in [6.45, 7) is 2.30. The van der Waals surface area contributed by atoms with Crippen molar-refractivity contribution in [1.29, 1.82) is 0 Å². The van der Waals surface area contributed by atoms with E-state index in [0.717, 1.165) is 6.54 Å². The van der Waals surface area contributed by atoms with Crippen LogP contribution in [0, 0.1) is 0 Å². The Hall–Kier alpha value is -1.48. The summed E-state index contributed by atoms with van der Waals surface area (Å²) in [5, 5.41) is 5.85. The first-order valence-corrected chi connectivity index (χ1v) is 9.47. The third kappa shape index (κ3) is 2.63. The Balaban J connectivity index is 1.75. The van der Waals surface area contributed by atoms with Gasteiger partial charge in [-0.3, -0.25) is 0 Å². The fourth-order valence-electron chi connectivity index (χ4n) is 3.89. The van der Waals surface area contributed by atoms with Crippen LogP contribution >= 0.6 is 11.3 Å². The van der Waals surface area contributed by atoms with Gasteiger partial charge in [0.2, 0.25) is 0 Å². The predicted octanol–water partition coefficient (Wildman–Crippen LogP) is 5.23. The van der Waals surface area contributed by atoms with Crippen LogP contribution in [0.15, 0.2) is 35.7 Å². The Kier molecular flexibility index (Phi) is 4.07. The molecule has 0 saturated heterocycles. The van der Waals surface area contributed by atoms with E-state index in [-0.39, 0.29) is 0 Å². The summed E-state index contributed by atoms with van der Waals surface area (Å²) in [5.74, 6) is 0. The number of hydrogen-bond donors (Lipinski definition) is 1. The molecule has 0 saturated carbocycles. The van der Waals surface area contributed by atoms with Crippen molar-refractivity contribution in [2.45, 2.75) is 44.6 Å². The molecule has 4 rings (SSSR count). The van der Waals surface area contributed by atoms with Gasteiger partial charge < -0.3 is 10.2 Å². The van der Waals surface area contributed by atoms with E-state index < -0.39 is 0 Å². The van der Waals surface area contributed by atoms with E-state index in [9.17, 15) is 0 Å². The van der Waals surface area contributed by atoms with E-state index in [1.54, 1.807) is 0 Å². The van der Waals surface area contributed by atoms with Gasteiger partial charge >= 0.3 is 0 Å². The third-order valence-electron chi connectivity index (χ3n) is 4.99. The lowest BCUT2D eigenvalue weighted by molar-refractivity contribution is 0.540. The Bertz CT molecular complexity index is 634. The van der Waals surface area contributed by atoms with Crippen LogP contribution in [-0.4, -0.2) is 13.1 Å². The summed E-state index contributed by atoms with van der Waals surface area (Å²) in [6, 6.07) is 11.9. The standard InChI is InChI=1S/C19H24N2S/c1-2-7-15-8-3-4-9-17(15)21(13-5-1)18-10-6-12-20-16-11-14-22-19(16)18/h3-4,8-9,11,14,18,20H,1-2,5-7,10,12-13H2. The number of benzene rings is 1. The first kappa shape index (κ1) is 14.1. The molecule has 0 fully saturated rings. The van der Waals surface area contributed by atoms with E-state index in [2.05, 4.69) is 45.9 Å². The Morgan fingerprint density at radius 1 is 1.05 bits per heavy atom. The number of fused-ring (bicyclic) bond motifs is 2. The zero-order valence-electron chi connectivity index (χ0n) is 13.1. The maximum absolute atomic E-state index is 3.61. The van der Waals surface area contributed by atoms with E-state index in [4.69, 9.17) is 0 Å². The molecule has 1 aromatic carbocycles. The summed E-state index contributed by atoms with van der Waals surface area (Å²) in [6.07, 6.45) is 7.75. The summed E-state index contributed by atoms with van der Waals surface area (Å²) in [5.41, 5.74) is 4.39. The van der Waals surface area contributed by atoms with Gasteiger partial charge in [0.15, 0.2) is 0 Å². The Labute approximate surface area is 137 Å². The van der Waals surface area contributed by atoms with Crippen LogP contribution in [0.5, 0.6) is 0 Å². The quantitative estimate of drug-likeness (QED) is 0.776. The van der Waals surface area contributed by atoms with Gasteiger partial charge in [0, 0.05) is 18.8 Å². The van der Waals surface area contributed by atoms with E-state index in [1.165, 1.54) is 66.9 Å². The van der Waals surface area contributed by atoms with Gasteiger partial charge in [-0.2, -0.15) is 0 Å². The minimum absolute atomic E-state index is 0.546. The highest BCUT2D eigenvalue weighted by Crippen LogP contribution is 2.41. The van der Waals surface area contributed by atoms with Gasteiger partial charge in [0.05, 0.1) is 16.6 Å². The summed E-state index contributed by atoms with van der Waals surface area (Å²) in [4.78, 5) is 4.24. The fourth-order valence-corrected chi connectivity index (χ4v) is 4.91. The average Bonchev–Trinajstić information content (AvgIpc) is 2.90. The normalized spacial score (nSPS) is 21.8. The van der Waals surface area contributed by atoms with Crippen LogP contribution in [0.4, 0.5) is 11.4 Å². The number of nitrogens with one attached hydrogen (secondary N) is 1. The lowest BCUT2D eigenvalue weighted by atomic mass is 9.98. The first-order chi connectivity index (χ1) is 10.9. The summed E-state index contributed by atoms with van der Waals surface area (Å²) >= 11 is 1.92. The minimum atomic E-state index is 0.546. The first-order valence-electron chi connectivity index (χ1n) is 8.59. The summed E-state index contributed by atoms with van der Waals surface area (Å²) < 4.78 is 0. The number of nitrogens with zero attached hydrogens (tertiary/aromatic N) is 1. The lowest BCUT2D eigenvalue weighted by Crippen LogP contribution is -2.31. The second-order valence-corrected chi connectivity index (χ2v) is 7.36. The van der Waals surface area contributed by atoms with E-state index in [0.29, 0.717) is 6.04 Å². The zero-order chi connectivity index (χ0) is 14.8. The number of hydrogen-bond acceptors (Lipinski definition) is 3. The molecule has 116 valence electrons. The predicted molar refractivity (Wildman–Crippen MR) is 96.1 cm³/mol. The molecule has 2 aliphatic rings. The third-order valence-corrected chi connectivity index (χ3v) is 6.01. The van der Waals surface area contributed by atoms with Crippen molar-refractivity contribution in [3.8, 4) is 0 Å². The molecule has 0 aliphatic carbocycles. The van der Waals surface area contributed by atoms with E-state index >= 15 is 0 Å². The number of rotatable bonds is 1. The van der Waals surface area contributed by atoms with Crippen LogP contribution in [0.2, 0.25) is 0 Å². The van der Waals surface area contributed by atoms with Crippen LogP contribution in [0.1, 0.15) is 48.6 Å². The molecule has 1 aromatic heterocycles. The molecule has 2 aliphatic heterocycles. The minimum Gasteiger partial charge on any atom is -0.384 e. The molecule has 0 amide bonds. The maximum Gasteiger partial charge on any atom is 0.0656 e. The molecule has 1 unspecified atom stereocenters. The molecule has 3 heteroatoms. The highest BCUT2D eigenvalue weighted by Gasteiger charge is 2.27. The van der Waals surface area contributed by atoms with Crippen molar-refractivity contribution < 1.29 is 0 Å². The van der Waals surface area contributed by atoms with Gasteiger partial charge in [-0.05, 0) is 55.2 Å². The molecule has 1 N–H and O–H groups in total. The lowest BCUT2D eigenvalue weighted by Gasteiger charge is -2.36. The van der Waals surface area contributed by atoms with Crippen molar-refractivity contribution >= 4 is 22.7 Å². The summed E-state index contributed by atoms with van der Waals surface area (Å²) in [7, 11) is 0. The molecule has 22 heavy (non-hydrogen) atoms. The molecule has 1 atom stereocenters. The maximum atomic E-state index is 3.61. The molecule has 0 radical (unpaired) electrons. The number of thiophene rings is 1. The van der Waals surface area contributed by atoms with Gasteiger partial charge in [0.1, 0.15) is 0 Å². The molecule has 0 spiro atoms. The number of para-hydroxylation sites is 1. The SMILES string of the molecule is c1ccc2c(c1)CCCCCN2C1CCCNc2ccsc21. The topological polar surface area (TPSA) is 15.3 Å².